The lowest BCUT2D eigenvalue weighted by molar-refractivity contribution is -0.134. The van der Waals surface area contributed by atoms with Crippen LogP contribution in [-0.4, -0.2) is 60.0 Å². The third-order valence-electron chi connectivity index (χ3n) is 4.62. The number of hydrogen-bond donors (Lipinski definition) is 1. The highest BCUT2D eigenvalue weighted by molar-refractivity contribution is 5.81. The second kappa shape index (κ2) is 8.65. The van der Waals surface area contributed by atoms with Gasteiger partial charge in [-0.3, -0.25) is 9.69 Å². The van der Waals surface area contributed by atoms with Crippen LogP contribution >= 0.6 is 0 Å². The van der Waals surface area contributed by atoms with Gasteiger partial charge in [0, 0.05) is 32.4 Å². The van der Waals surface area contributed by atoms with E-state index in [1.54, 1.807) is 11.9 Å². The van der Waals surface area contributed by atoms with Crippen molar-refractivity contribution in [3.05, 3.63) is 23.9 Å². The number of carbonyl (C=O) groups is 1. The minimum atomic E-state index is -0.129. The number of anilines is 1. The van der Waals surface area contributed by atoms with Crippen LogP contribution in [0.5, 0.6) is 0 Å². The summed E-state index contributed by atoms with van der Waals surface area (Å²) < 4.78 is 0. The Bertz CT molecular complexity index is 597. The van der Waals surface area contributed by atoms with E-state index in [1.165, 1.54) is 0 Å². The van der Waals surface area contributed by atoms with Crippen LogP contribution in [0.15, 0.2) is 18.2 Å². The summed E-state index contributed by atoms with van der Waals surface area (Å²) >= 11 is 0. The van der Waals surface area contributed by atoms with E-state index in [2.05, 4.69) is 21.3 Å². The molecule has 1 saturated heterocycles. The van der Waals surface area contributed by atoms with Crippen molar-refractivity contribution in [2.75, 3.05) is 38.5 Å². The number of pyridine rings is 1. The largest absolute Gasteiger partial charge is 0.370 e. The minimum absolute atomic E-state index is 0.0965. The first-order valence-corrected chi connectivity index (χ1v) is 8.54. The monoisotopic (exact) mass is 329 g/mol. The summed E-state index contributed by atoms with van der Waals surface area (Å²) in [5, 5.41) is 12.0. The van der Waals surface area contributed by atoms with E-state index in [9.17, 15) is 4.79 Å². The van der Waals surface area contributed by atoms with Crippen molar-refractivity contribution >= 4 is 11.7 Å². The van der Waals surface area contributed by atoms with Crippen LogP contribution in [0.3, 0.4) is 0 Å². The molecule has 24 heavy (non-hydrogen) atoms. The number of likely N-dealkylation sites (N-methyl/N-ethyl adjacent to an activating group) is 1. The highest BCUT2D eigenvalue weighted by Gasteiger charge is 2.30. The average molecular weight is 329 g/mol. The van der Waals surface area contributed by atoms with Crippen LogP contribution in [0.4, 0.5) is 5.82 Å². The van der Waals surface area contributed by atoms with Crippen LogP contribution in [0, 0.1) is 24.2 Å². The molecule has 1 N–H and O–H groups in total. The molecule has 1 aliphatic heterocycles. The quantitative estimate of drug-likeness (QED) is 0.827. The van der Waals surface area contributed by atoms with Gasteiger partial charge in [-0.2, -0.15) is 5.26 Å². The fourth-order valence-electron chi connectivity index (χ4n) is 3.07. The molecule has 1 aromatic rings. The molecule has 6 heteroatoms. The Kier molecular flexibility index (Phi) is 6.56. The molecular weight excluding hydrogens is 302 g/mol. The third-order valence-corrected chi connectivity index (χ3v) is 4.62. The van der Waals surface area contributed by atoms with Gasteiger partial charge in [-0.05, 0) is 44.9 Å². The zero-order valence-electron chi connectivity index (χ0n) is 14.8. The van der Waals surface area contributed by atoms with Crippen LogP contribution in [0.2, 0.25) is 0 Å². The van der Waals surface area contributed by atoms with Gasteiger partial charge < -0.3 is 10.2 Å². The van der Waals surface area contributed by atoms with Gasteiger partial charge in [0.1, 0.15) is 5.82 Å². The Balaban J connectivity index is 1.79. The molecule has 0 unspecified atom stereocenters. The SMILES string of the molecule is Cc1cccc(NC[C@@H]2CCN([C@H](C)C(=O)N(C)CCC#N)C2)n1. The molecule has 2 atom stereocenters. The van der Waals surface area contributed by atoms with Crippen molar-refractivity contribution in [3.63, 3.8) is 0 Å². The lowest BCUT2D eigenvalue weighted by Crippen LogP contribution is -2.45. The van der Waals surface area contributed by atoms with Crippen LogP contribution < -0.4 is 5.32 Å². The normalized spacial score (nSPS) is 18.8. The molecule has 0 saturated carbocycles. The average Bonchev–Trinajstić information content (AvgIpc) is 3.05. The first kappa shape index (κ1) is 18.2. The maximum atomic E-state index is 12.4. The number of hydrogen-bond acceptors (Lipinski definition) is 5. The fourth-order valence-corrected chi connectivity index (χ4v) is 3.07. The number of nitrogens with one attached hydrogen (secondary N) is 1. The van der Waals surface area contributed by atoms with Gasteiger partial charge in [0.15, 0.2) is 0 Å². The maximum absolute atomic E-state index is 12.4. The van der Waals surface area contributed by atoms with Gasteiger partial charge in [-0.1, -0.05) is 6.07 Å². The molecule has 1 aromatic heterocycles. The zero-order chi connectivity index (χ0) is 17.5. The molecular formula is C18H27N5O. The van der Waals surface area contributed by atoms with Crippen molar-refractivity contribution in [3.8, 4) is 6.07 Å². The third kappa shape index (κ3) is 4.93. The number of aromatic nitrogens is 1. The van der Waals surface area contributed by atoms with E-state index in [1.807, 2.05) is 32.0 Å². The number of carbonyl (C=O) groups excluding carboxylic acids is 1. The molecule has 0 aliphatic carbocycles. The van der Waals surface area contributed by atoms with E-state index in [-0.39, 0.29) is 11.9 Å². The second-order valence-electron chi connectivity index (χ2n) is 6.54. The highest BCUT2D eigenvalue weighted by Crippen LogP contribution is 2.20. The first-order valence-electron chi connectivity index (χ1n) is 8.54. The predicted octanol–water partition coefficient (Wildman–Crippen LogP) is 1.88. The van der Waals surface area contributed by atoms with Crippen molar-refractivity contribution in [1.82, 2.24) is 14.8 Å². The molecule has 0 bridgehead atoms. The van der Waals surface area contributed by atoms with E-state index in [0.29, 0.717) is 18.9 Å². The van der Waals surface area contributed by atoms with Crippen molar-refractivity contribution in [2.45, 2.75) is 32.7 Å². The fraction of sp³-hybridized carbons (Fsp3) is 0.611. The molecule has 0 aromatic carbocycles. The van der Waals surface area contributed by atoms with Gasteiger partial charge in [-0.15, -0.1) is 0 Å². The minimum Gasteiger partial charge on any atom is -0.370 e. The Morgan fingerprint density at radius 3 is 3.08 bits per heavy atom. The Morgan fingerprint density at radius 1 is 1.58 bits per heavy atom. The molecule has 0 spiro atoms. The second-order valence-corrected chi connectivity index (χ2v) is 6.54. The van der Waals surface area contributed by atoms with E-state index in [0.717, 1.165) is 37.6 Å². The van der Waals surface area contributed by atoms with Crippen molar-refractivity contribution in [2.24, 2.45) is 5.92 Å². The molecule has 1 fully saturated rings. The van der Waals surface area contributed by atoms with Crippen molar-refractivity contribution in [1.29, 1.82) is 5.26 Å². The topological polar surface area (TPSA) is 72.3 Å². The van der Waals surface area contributed by atoms with E-state index in [4.69, 9.17) is 5.26 Å². The van der Waals surface area contributed by atoms with Gasteiger partial charge in [0.05, 0.1) is 18.5 Å². The molecule has 2 heterocycles. The van der Waals surface area contributed by atoms with Crippen LogP contribution in [0.1, 0.15) is 25.5 Å². The number of aryl methyl sites for hydroxylation is 1. The first-order chi connectivity index (χ1) is 11.5. The van der Waals surface area contributed by atoms with Crippen LogP contribution in [0.25, 0.3) is 0 Å². The predicted molar refractivity (Wildman–Crippen MR) is 94.5 cm³/mol. The summed E-state index contributed by atoms with van der Waals surface area (Å²) in [7, 11) is 1.77. The Morgan fingerprint density at radius 2 is 2.38 bits per heavy atom. The summed E-state index contributed by atoms with van der Waals surface area (Å²) in [6, 6.07) is 7.92. The summed E-state index contributed by atoms with van der Waals surface area (Å²) in [5.74, 6) is 1.53. The highest BCUT2D eigenvalue weighted by atomic mass is 16.2. The molecule has 1 amide bonds. The summed E-state index contributed by atoms with van der Waals surface area (Å²) in [5.41, 5.74) is 1.01. The summed E-state index contributed by atoms with van der Waals surface area (Å²) in [6.45, 7) is 7.17. The van der Waals surface area contributed by atoms with E-state index >= 15 is 0 Å². The van der Waals surface area contributed by atoms with Gasteiger partial charge >= 0.3 is 0 Å². The molecule has 130 valence electrons. The zero-order valence-corrected chi connectivity index (χ0v) is 14.8. The Hall–Kier alpha value is -2.13. The number of nitrogens with zero attached hydrogens (tertiary/aromatic N) is 4. The lowest BCUT2D eigenvalue weighted by Gasteiger charge is -2.27. The van der Waals surface area contributed by atoms with Gasteiger partial charge in [0.25, 0.3) is 0 Å². The molecule has 2 rings (SSSR count). The number of likely N-dealkylation sites (tertiary alicyclic amines) is 1. The number of rotatable bonds is 7. The molecule has 6 nitrogen and oxygen atoms in total. The number of amides is 1. The lowest BCUT2D eigenvalue weighted by atomic mass is 10.1. The summed E-state index contributed by atoms with van der Waals surface area (Å²) in [6.07, 6.45) is 1.46. The molecule has 0 radical (unpaired) electrons. The van der Waals surface area contributed by atoms with Crippen molar-refractivity contribution < 1.29 is 4.79 Å². The smallest absolute Gasteiger partial charge is 0.239 e. The van der Waals surface area contributed by atoms with Gasteiger partial charge in [-0.25, -0.2) is 4.98 Å². The Labute approximate surface area is 144 Å². The van der Waals surface area contributed by atoms with E-state index < -0.39 is 0 Å². The standard InChI is InChI=1S/C18H27N5O/c1-14-6-4-7-17(21-14)20-12-16-8-11-23(13-16)15(2)18(24)22(3)10-5-9-19/h4,6-7,15-16H,5,8,10-13H2,1-3H3,(H,20,21)/t15-,16+/m1/s1. The maximum Gasteiger partial charge on any atom is 0.239 e. The molecule has 1 aliphatic rings. The van der Waals surface area contributed by atoms with Gasteiger partial charge in [0.2, 0.25) is 5.91 Å². The summed E-state index contributed by atoms with van der Waals surface area (Å²) in [4.78, 5) is 20.8. The van der Waals surface area contributed by atoms with Crippen LogP contribution in [-0.2, 0) is 4.79 Å². The number of nitriles is 1.